The maximum atomic E-state index is 2.65. The van der Waals surface area contributed by atoms with Crippen LogP contribution in [0.5, 0.6) is 0 Å². The number of anilines is 3. The highest BCUT2D eigenvalue weighted by Gasteiger charge is 2.52. The standard InChI is InChI=1S/C65H61N/c1-61(2)33-34-62(3,4)56-37-43(31-32-54(56)61)48-38-50-47-27-17-20-30-53(47)65(51-28-18-15-25-45(51)46-26-16-19-29-52(46)65)55(50)40-59(48)66(44-23-13-10-14-24-44)60-41-58-57(63(5,6)35-36-64(58,7)8)39-49(60)42-21-11-9-12-22-42/h9-32,37-41H,33-36H2,1-8H3. The monoisotopic (exact) mass is 855 g/mol. The van der Waals surface area contributed by atoms with Crippen LogP contribution in [-0.2, 0) is 27.1 Å². The summed E-state index contributed by atoms with van der Waals surface area (Å²) in [6.07, 6.45) is 4.66. The third kappa shape index (κ3) is 5.84. The van der Waals surface area contributed by atoms with E-state index in [2.05, 4.69) is 236 Å². The molecule has 0 radical (unpaired) electrons. The molecule has 0 unspecified atom stereocenters. The van der Waals surface area contributed by atoms with E-state index >= 15 is 0 Å². The number of para-hydroxylation sites is 1. The summed E-state index contributed by atoms with van der Waals surface area (Å²) in [4.78, 5) is 2.65. The zero-order valence-corrected chi connectivity index (χ0v) is 40.0. The summed E-state index contributed by atoms with van der Waals surface area (Å²) >= 11 is 0. The van der Waals surface area contributed by atoms with Gasteiger partial charge in [-0.05, 0) is 162 Å². The van der Waals surface area contributed by atoms with Crippen LogP contribution in [0, 0.1) is 0 Å². The van der Waals surface area contributed by atoms with E-state index in [1.165, 1.54) is 113 Å². The highest BCUT2D eigenvalue weighted by Crippen LogP contribution is 2.65. The third-order valence-corrected chi connectivity index (χ3v) is 16.8. The molecule has 0 bridgehead atoms. The minimum Gasteiger partial charge on any atom is -0.309 e. The first kappa shape index (κ1) is 41.0. The molecule has 4 aliphatic rings. The molecule has 0 aliphatic heterocycles. The molecule has 326 valence electrons. The fourth-order valence-corrected chi connectivity index (χ4v) is 12.9. The molecule has 1 heteroatoms. The summed E-state index contributed by atoms with van der Waals surface area (Å²) in [5.74, 6) is 0. The van der Waals surface area contributed by atoms with Gasteiger partial charge in [-0.1, -0.05) is 195 Å². The van der Waals surface area contributed by atoms with Crippen LogP contribution in [-0.4, -0.2) is 0 Å². The molecule has 0 saturated carbocycles. The minimum atomic E-state index is -0.485. The Morgan fingerprint density at radius 3 is 1.24 bits per heavy atom. The van der Waals surface area contributed by atoms with E-state index in [0.29, 0.717) is 0 Å². The van der Waals surface area contributed by atoms with Crippen LogP contribution in [0.2, 0.25) is 0 Å². The van der Waals surface area contributed by atoms with Crippen molar-refractivity contribution in [1.82, 2.24) is 0 Å². The van der Waals surface area contributed by atoms with Gasteiger partial charge in [0.1, 0.15) is 0 Å². The maximum Gasteiger partial charge on any atom is 0.0726 e. The molecule has 0 N–H and O–H groups in total. The van der Waals surface area contributed by atoms with Gasteiger partial charge < -0.3 is 4.90 Å². The first-order valence-electron chi connectivity index (χ1n) is 24.4. The lowest BCUT2D eigenvalue weighted by molar-refractivity contribution is 0.332. The van der Waals surface area contributed by atoms with Crippen LogP contribution in [0.1, 0.15) is 126 Å². The molecular weight excluding hydrogens is 795 g/mol. The van der Waals surface area contributed by atoms with Crippen molar-refractivity contribution in [2.45, 2.75) is 108 Å². The van der Waals surface area contributed by atoms with Gasteiger partial charge >= 0.3 is 0 Å². The first-order chi connectivity index (χ1) is 31.7. The second-order valence-corrected chi connectivity index (χ2v) is 22.5. The topological polar surface area (TPSA) is 3.24 Å². The maximum absolute atomic E-state index is 2.65. The predicted octanol–water partition coefficient (Wildman–Crippen LogP) is 17.5. The van der Waals surface area contributed by atoms with E-state index in [4.69, 9.17) is 0 Å². The Labute approximate surface area is 393 Å². The summed E-state index contributed by atoms with van der Waals surface area (Å²) < 4.78 is 0. The number of rotatable bonds is 5. The van der Waals surface area contributed by atoms with Crippen LogP contribution in [0.15, 0.2) is 176 Å². The van der Waals surface area contributed by atoms with Crippen LogP contribution in [0.3, 0.4) is 0 Å². The van der Waals surface area contributed by atoms with Crippen LogP contribution in [0.4, 0.5) is 17.1 Å². The van der Waals surface area contributed by atoms with E-state index in [-0.39, 0.29) is 21.7 Å². The SMILES string of the molecule is CC1(C)CCC(C)(C)c2cc(-c3cc4c(cc3N(c3ccccc3)c3cc5c(cc3-c3ccccc3)C(C)(C)CCC5(C)C)C3(c5ccccc5-c5ccccc53)c3ccccc3-4)ccc21. The lowest BCUT2D eigenvalue weighted by Crippen LogP contribution is -2.34. The second kappa shape index (κ2) is 14.3. The zero-order chi connectivity index (χ0) is 45.4. The molecule has 0 saturated heterocycles. The molecule has 8 aromatic carbocycles. The van der Waals surface area contributed by atoms with Gasteiger partial charge in [0.25, 0.3) is 0 Å². The quantitative estimate of drug-likeness (QED) is 0.167. The second-order valence-electron chi connectivity index (χ2n) is 22.5. The van der Waals surface area contributed by atoms with Crippen molar-refractivity contribution in [3.63, 3.8) is 0 Å². The highest BCUT2D eigenvalue weighted by molar-refractivity contribution is 6.01. The minimum absolute atomic E-state index is 0.0117. The molecule has 0 atom stereocenters. The fraction of sp³-hybridized carbons (Fsp3) is 0.262. The summed E-state index contributed by atoms with van der Waals surface area (Å²) in [5, 5.41) is 0. The molecule has 4 aliphatic carbocycles. The van der Waals surface area contributed by atoms with E-state index in [1.807, 2.05) is 0 Å². The van der Waals surface area contributed by atoms with Gasteiger partial charge in [-0.25, -0.2) is 0 Å². The van der Waals surface area contributed by atoms with Gasteiger partial charge in [0.2, 0.25) is 0 Å². The van der Waals surface area contributed by atoms with Crippen molar-refractivity contribution >= 4 is 17.1 Å². The molecule has 0 fully saturated rings. The lowest BCUT2D eigenvalue weighted by Gasteiger charge is -2.43. The Kier molecular flexibility index (Phi) is 8.88. The van der Waals surface area contributed by atoms with Crippen LogP contribution in [0.25, 0.3) is 44.5 Å². The van der Waals surface area contributed by atoms with E-state index in [9.17, 15) is 0 Å². The fourth-order valence-electron chi connectivity index (χ4n) is 12.9. The highest BCUT2D eigenvalue weighted by atomic mass is 15.1. The number of hydrogen-bond acceptors (Lipinski definition) is 1. The van der Waals surface area contributed by atoms with Gasteiger partial charge in [0.05, 0.1) is 16.8 Å². The number of hydrogen-bond donors (Lipinski definition) is 0. The molecule has 0 heterocycles. The molecular formula is C65H61N. The Morgan fingerprint density at radius 1 is 0.288 bits per heavy atom. The van der Waals surface area contributed by atoms with Gasteiger partial charge in [-0.3, -0.25) is 0 Å². The van der Waals surface area contributed by atoms with Gasteiger partial charge in [0.15, 0.2) is 0 Å². The first-order valence-corrected chi connectivity index (χ1v) is 24.4. The zero-order valence-electron chi connectivity index (χ0n) is 40.0. The molecule has 0 amide bonds. The Morgan fingerprint density at radius 2 is 0.697 bits per heavy atom. The van der Waals surface area contributed by atoms with Crippen molar-refractivity contribution in [1.29, 1.82) is 0 Å². The Hall–Kier alpha value is -6.44. The summed E-state index contributed by atoms with van der Waals surface area (Å²) in [7, 11) is 0. The Balaban J connectivity index is 1.24. The molecule has 8 aromatic rings. The van der Waals surface area contributed by atoms with Gasteiger partial charge in [0, 0.05) is 16.8 Å². The molecule has 66 heavy (non-hydrogen) atoms. The van der Waals surface area contributed by atoms with Crippen molar-refractivity contribution < 1.29 is 0 Å². The summed E-state index contributed by atoms with van der Waals surface area (Å²) in [6, 6.07) is 68.0. The summed E-state index contributed by atoms with van der Waals surface area (Å²) in [5.41, 5.74) is 25.0. The number of nitrogens with zero attached hydrogens (tertiary/aromatic N) is 1. The average Bonchev–Trinajstić information content (AvgIpc) is 3.79. The van der Waals surface area contributed by atoms with Crippen LogP contribution < -0.4 is 4.90 Å². The third-order valence-electron chi connectivity index (χ3n) is 16.8. The van der Waals surface area contributed by atoms with E-state index in [0.717, 1.165) is 18.5 Å². The summed E-state index contributed by atoms with van der Waals surface area (Å²) in [6.45, 7) is 19.6. The largest absolute Gasteiger partial charge is 0.309 e. The van der Waals surface area contributed by atoms with Crippen molar-refractivity contribution in [2.75, 3.05) is 4.90 Å². The van der Waals surface area contributed by atoms with E-state index < -0.39 is 5.41 Å². The molecule has 1 spiro atoms. The normalized spacial score (nSPS) is 18.1. The van der Waals surface area contributed by atoms with Crippen molar-refractivity contribution in [3.8, 4) is 44.5 Å². The molecule has 0 aromatic heterocycles. The van der Waals surface area contributed by atoms with Crippen molar-refractivity contribution in [2.24, 2.45) is 0 Å². The number of fused-ring (bicyclic) bond motifs is 12. The van der Waals surface area contributed by atoms with Crippen LogP contribution >= 0.6 is 0 Å². The molecule has 1 nitrogen and oxygen atoms in total. The van der Waals surface area contributed by atoms with Gasteiger partial charge in [-0.15, -0.1) is 0 Å². The predicted molar refractivity (Wildman–Crippen MR) is 279 cm³/mol. The van der Waals surface area contributed by atoms with Gasteiger partial charge in [-0.2, -0.15) is 0 Å². The Bertz CT molecular complexity index is 3210. The number of benzene rings is 8. The molecule has 12 rings (SSSR count). The lowest BCUT2D eigenvalue weighted by atomic mass is 9.62. The average molecular weight is 856 g/mol. The van der Waals surface area contributed by atoms with Crippen molar-refractivity contribution in [3.05, 3.63) is 220 Å². The van der Waals surface area contributed by atoms with E-state index in [1.54, 1.807) is 0 Å². The smallest absolute Gasteiger partial charge is 0.0726 e.